The van der Waals surface area contributed by atoms with E-state index in [1.54, 1.807) is 6.07 Å². The number of aromatic amines is 1. The molecule has 8 nitrogen and oxygen atoms in total. The van der Waals surface area contributed by atoms with Crippen LogP contribution in [0.5, 0.6) is 0 Å². The van der Waals surface area contributed by atoms with Gasteiger partial charge in [0.05, 0.1) is 5.52 Å². The van der Waals surface area contributed by atoms with E-state index in [0.29, 0.717) is 12.1 Å². The lowest BCUT2D eigenvalue weighted by atomic mass is 10.1. The number of nitrogens with one attached hydrogen (secondary N) is 1. The molecule has 8 heteroatoms. The molecule has 1 aromatic carbocycles. The molecule has 0 bridgehead atoms. The molecule has 0 unspecified atom stereocenters. The van der Waals surface area contributed by atoms with Gasteiger partial charge in [-0.3, -0.25) is 24.0 Å². The Bertz CT molecular complexity index is 1180. The number of hydrogen-bond acceptors (Lipinski definition) is 5. The maximum Gasteiger partial charge on any atom is 0.330 e. The van der Waals surface area contributed by atoms with Crippen molar-refractivity contribution in [2.75, 3.05) is 17.2 Å². The van der Waals surface area contributed by atoms with Crippen LogP contribution in [0.25, 0.3) is 10.9 Å². The van der Waals surface area contributed by atoms with Crippen LogP contribution in [0.15, 0.2) is 46.0 Å². The zero-order valence-corrected chi connectivity index (χ0v) is 17.5. The average Bonchev–Trinajstić information content (AvgIpc) is 2.71. The third-order valence-corrected chi connectivity index (χ3v) is 4.83. The first-order chi connectivity index (χ1) is 14.3. The number of anilines is 2. The van der Waals surface area contributed by atoms with Crippen LogP contribution in [-0.2, 0) is 6.54 Å². The van der Waals surface area contributed by atoms with E-state index < -0.39 is 17.2 Å². The fourth-order valence-corrected chi connectivity index (χ4v) is 3.34. The Morgan fingerprint density at radius 2 is 1.93 bits per heavy atom. The van der Waals surface area contributed by atoms with Crippen LogP contribution < -0.4 is 21.9 Å². The number of nitrogens with zero attached hydrogens (tertiary/aromatic N) is 3. The number of H-pyrrole nitrogens is 1. The highest BCUT2D eigenvalue weighted by Crippen LogP contribution is 2.22. The molecule has 3 N–H and O–H groups in total. The molecule has 158 valence electrons. The van der Waals surface area contributed by atoms with Gasteiger partial charge in [-0.15, -0.1) is 0 Å². The van der Waals surface area contributed by atoms with Crippen molar-refractivity contribution in [1.82, 2.24) is 14.5 Å². The van der Waals surface area contributed by atoms with Crippen molar-refractivity contribution in [3.05, 3.63) is 62.9 Å². The Morgan fingerprint density at radius 3 is 2.63 bits per heavy atom. The first-order valence-corrected chi connectivity index (χ1v) is 10.1. The lowest BCUT2D eigenvalue weighted by molar-refractivity contribution is 0.0979. The smallest absolute Gasteiger partial charge is 0.330 e. The molecule has 0 fully saturated rings. The van der Waals surface area contributed by atoms with Crippen molar-refractivity contribution >= 4 is 28.3 Å². The van der Waals surface area contributed by atoms with Crippen LogP contribution in [0, 0.1) is 5.92 Å². The summed E-state index contributed by atoms with van der Waals surface area (Å²) < 4.78 is 1.31. The van der Waals surface area contributed by atoms with Gasteiger partial charge in [-0.05, 0) is 24.5 Å². The predicted molar refractivity (Wildman–Crippen MR) is 119 cm³/mol. The number of amides is 1. The molecule has 2 heterocycles. The number of pyridine rings is 1. The highest BCUT2D eigenvalue weighted by Gasteiger charge is 2.26. The minimum atomic E-state index is -0.681. The zero-order valence-electron chi connectivity index (χ0n) is 17.5. The Morgan fingerprint density at radius 1 is 1.20 bits per heavy atom. The van der Waals surface area contributed by atoms with E-state index in [1.165, 1.54) is 9.47 Å². The summed E-state index contributed by atoms with van der Waals surface area (Å²) in [4.78, 5) is 46.5. The number of nitrogen functional groups attached to an aromatic ring is 1. The van der Waals surface area contributed by atoms with Crippen molar-refractivity contribution in [3.63, 3.8) is 0 Å². The standard InChI is InChI=1S/C22H27N5O3/c1-4-5-12-26-19(23)18(20(28)25-22(26)30)27(13-14(2)3)21(29)17-11-10-15-8-6-7-9-16(15)24-17/h6-11,14H,4-5,12-13,23H2,1-3H3,(H,25,28,30). The van der Waals surface area contributed by atoms with Crippen molar-refractivity contribution in [1.29, 1.82) is 0 Å². The number of carbonyl (C=O) groups excluding carboxylic acids is 1. The van der Waals surface area contributed by atoms with Gasteiger partial charge < -0.3 is 5.73 Å². The van der Waals surface area contributed by atoms with E-state index in [1.807, 2.05) is 51.1 Å². The molecule has 0 radical (unpaired) electrons. The third kappa shape index (κ3) is 4.27. The molecule has 2 aromatic heterocycles. The minimum absolute atomic E-state index is 0.00742. The molecule has 0 saturated carbocycles. The normalized spacial score (nSPS) is 11.2. The first kappa shape index (κ1) is 21.3. The molecule has 0 aliphatic rings. The molecule has 1 amide bonds. The number of aromatic nitrogens is 3. The number of nitrogens with two attached hydrogens (primary N) is 1. The molecule has 0 atom stereocenters. The van der Waals surface area contributed by atoms with Crippen LogP contribution in [-0.4, -0.2) is 27.0 Å². The summed E-state index contributed by atoms with van der Waals surface area (Å²) in [6.07, 6.45) is 1.58. The maximum absolute atomic E-state index is 13.4. The molecule has 0 aliphatic heterocycles. The molecule has 0 saturated heterocycles. The molecular formula is C22H27N5O3. The van der Waals surface area contributed by atoms with E-state index >= 15 is 0 Å². The summed E-state index contributed by atoms with van der Waals surface area (Å²) in [5.74, 6) is -0.386. The summed E-state index contributed by atoms with van der Waals surface area (Å²) in [6, 6.07) is 10.9. The van der Waals surface area contributed by atoms with Crippen molar-refractivity contribution < 1.29 is 4.79 Å². The van der Waals surface area contributed by atoms with Gasteiger partial charge in [0.25, 0.3) is 11.5 Å². The van der Waals surface area contributed by atoms with E-state index in [9.17, 15) is 14.4 Å². The number of carbonyl (C=O) groups is 1. The van der Waals surface area contributed by atoms with Gasteiger partial charge in [0.2, 0.25) is 0 Å². The fraction of sp³-hybridized carbons (Fsp3) is 0.364. The second kappa shape index (κ2) is 8.94. The van der Waals surface area contributed by atoms with E-state index in [0.717, 1.165) is 18.2 Å². The Hall–Kier alpha value is -3.42. The number of fused-ring (bicyclic) bond motifs is 1. The topological polar surface area (TPSA) is 114 Å². The second-order valence-corrected chi connectivity index (χ2v) is 7.70. The largest absolute Gasteiger partial charge is 0.383 e. The van der Waals surface area contributed by atoms with Crippen LogP contribution in [0.4, 0.5) is 11.5 Å². The zero-order chi connectivity index (χ0) is 21.8. The summed E-state index contributed by atoms with van der Waals surface area (Å²) in [7, 11) is 0. The number of unbranched alkanes of at least 4 members (excludes halogenated alkanes) is 1. The van der Waals surface area contributed by atoms with Crippen molar-refractivity contribution in [3.8, 4) is 0 Å². The van der Waals surface area contributed by atoms with Gasteiger partial charge in [-0.1, -0.05) is 51.5 Å². The molecule has 0 aliphatic carbocycles. The minimum Gasteiger partial charge on any atom is -0.383 e. The number of benzene rings is 1. The van der Waals surface area contributed by atoms with Crippen LogP contribution in [0.1, 0.15) is 44.1 Å². The highest BCUT2D eigenvalue weighted by atomic mass is 16.2. The Labute approximate surface area is 174 Å². The Kier molecular flexibility index (Phi) is 6.34. The van der Waals surface area contributed by atoms with Gasteiger partial charge in [-0.2, -0.15) is 0 Å². The molecule has 3 aromatic rings. The summed E-state index contributed by atoms with van der Waals surface area (Å²) in [6.45, 7) is 6.49. The van der Waals surface area contributed by atoms with Gasteiger partial charge >= 0.3 is 5.69 Å². The van der Waals surface area contributed by atoms with Gasteiger partial charge in [0, 0.05) is 18.5 Å². The number of rotatable bonds is 7. The molecular weight excluding hydrogens is 382 g/mol. The van der Waals surface area contributed by atoms with Crippen LogP contribution in [0.2, 0.25) is 0 Å². The van der Waals surface area contributed by atoms with E-state index in [4.69, 9.17) is 5.73 Å². The first-order valence-electron chi connectivity index (χ1n) is 10.1. The third-order valence-electron chi connectivity index (χ3n) is 4.83. The average molecular weight is 409 g/mol. The molecule has 30 heavy (non-hydrogen) atoms. The lowest BCUT2D eigenvalue weighted by Crippen LogP contribution is -2.43. The van der Waals surface area contributed by atoms with Crippen molar-refractivity contribution in [2.24, 2.45) is 5.92 Å². The van der Waals surface area contributed by atoms with Crippen LogP contribution >= 0.6 is 0 Å². The predicted octanol–water partition coefficient (Wildman–Crippen LogP) is 2.77. The summed E-state index contributed by atoms with van der Waals surface area (Å²) in [5, 5.41) is 0.912. The SMILES string of the molecule is CCCCn1c(N)c(N(CC(C)C)C(=O)c2ccc3ccccc3n2)c(=O)[nH]c1=O. The van der Waals surface area contributed by atoms with E-state index in [2.05, 4.69) is 9.97 Å². The number of para-hydroxylation sites is 1. The fourth-order valence-electron chi connectivity index (χ4n) is 3.34. The molecule has 0 spiro atoms. The monoisotopic (exact) mass is 409 g/mol. The van der Waals surface area contributed by atoms with Gasteiger partial charge in [-0.25, -0.2) is 9.78 Å². The van der Waals surface area contributed by atoms with Gasteiger partial charge in [0.15, 0.2) is 5.69 Å². The summed E-state index contributed by atoms with van der Waals surface area (Å²) >= 11 is 0. The Balaban J connectivity index is 2.13. The summed E-state index contributed by atoms with van der Waals surface area (Å²) in [5.41, 5.74) is 5.86. The maximum atomic E-state index is 13.4. The quantitative estimate of drug-likeness (QED) is 0.623. The highest BCUT2D eigenvalue weighted by molar-refractivity contribution is 6.07. The van der Waals surface area contributed by atoms with Crippen molar-refractivity contribution in [2.45, 2.75) is 40.2 Å². The lowest BCUT2D eigenvalue weighted by Gasteiger charge is -2.26. The van der Waals surface area contributed by atoms with Gasteiger partial charge in [0.1, 0.15) is 11.5 Å². The van der Waals surface area contributed by atoms with E-state index in [-0.39, 0.29) is 29.7 Å². The second-order valence-electron chi connectivity index (χ2n) is 7.70. The van der Waals surface area contributed by atoms with Crippen LogP contribution in [0.3, 0.4) is 0 Å². The molecule has 3 rings (SSSR count). The number of hydrogen-bond donors (Lipinski definition) is 2.